The fourth-order valence-electron chi connectivity index (χ4n) is 2.48. The second-order valence-corrected chi connectivity index (χ2v) is 5.62. The van der Waals surface area contributed by atoms with Crippen LogP contribution >= 0.6 is 0 Å². The summed E-state index contributed by atoms with van der Waals surface area (Å²) in [6, 6.07) is 3.13. The molecule has 0 unspecified atom stereocenters. The number of nitrogens with zero attached hydrogens (tertiary/aromatic N) is 1. The lowest BCUT2D eigenvalue weighted by Crippen LogP contribution is -2.88. The first-order valence-corrected chi connectivity index (χ1v) is 7.46. The number of anilines is 1. The third-order valence-electron chi connectivity index (χ3n) is 3.87. The van der Waals surface area contributed by atoms with Crippen LogP contribution < -0.4 is 10.6 Å². The van der Waals surface area contributed by atoms with Crippen LogP contribution in [0.2, 0.25) is 0 Å². The van der Waals surface area contributed by atoms with Crippen molar-refractivity contribution in [2.75, 3.05) is 25.0 Å². The van der Waals surface area contributed by atoms with Crippen LogP contribution in [0.4, 0.5) is 11.4 Å². The molecular weight excluding hydrogens is 286 g/mol. The molecule has 0 aliphatic carbocycles. The number of carbonyl (C=O) groups excluding carboxylic acids is 1. The highest BCUT2D eigenvalue weighted by molar-refractivity contribution is 5.93. The number of ether oxygens (including phenoxy) is 1. The first-order valence-electron chi connectivity index (χ1n) is 7.46. The molecule has 1 saturated heterocycles. The fraction of sp³-hybridized carbons (Fsp3) is 0.533. The largest absolute Gasteiger partial charge is 0.372 e. The van der Waals surface area contributed by atoms with Gasteiger partial charge in [-0.05, 0) is 43.9 Å². The normalized spacial score (nSPS) is 17.5. The molecule has 1 aliphatic rings. The smallest absolute Gasteiger partial charge is 0.293 e. The first-order chi connectivity index (χ1) is 10.5. The molecule has 1 atom stereocenters. The quantitative estimate of drug-likeness (QED) is 0.602. The Morgan fingerprint density at radius 3 is 2.82 bits per heavy atom. The maximum absolute atomic E-state index is 12.0. The molecule has 7 heteroatoms. The SMILES string of the molecule is Cc1cc(NC(=O)C[NH2+]C[C@@H]2CCCO2)c([N+](=O)[O-])cc1C. The third kappa shape index (κ3) is 4.25. The van der Waals surface area contributed by atoms with E-state index in [-0.39, 0.29) is 29.9 Å². The maximum Gasteiger partial charge on any atom is 0.293 e. The van der Waals surface area contributed by atoms with E-state index >= 15 is 0 Å². The van der Waals surface area contributed by atoms with Crippen LogP contribution in [-0.2, 0) is 9.53 Å². The molecule has 3 N–H and O–H groups in total. The first kappa shape index (κ1) is 16.4. The van der Waals surface area contributed by atoms with E-state index < -0.39 is 4.92 Å². The Morgan fingerprint density at radius 2 is 2.18 bits per heavy atom. The Labute approximate surface area is 129 Å². The monoisotopic (exact) mass is 308 g/mol. The fourth-order valence-corrected chi connectivity index (χ4v) is 2.48. The van der Waals surface area contributed by atoms with Crippen LogP contribution in [0.1, 0.15) is 24.0 Å². The molecule has 7 nitrogen and oxygen atoms in total. The topological polar surface area (TPSA) is 98.1 Å². The summed E-state index contributed by atoms with van der Waals surface area (Å²) < 4.78 is 5.48. The van der Waals surface area contributed by atoms with E-state index in [4.69, 9.17) is 4.74 Å². The van der Waals surface area contributed by atoms with Gasteiger partial charge < -0.3 is 15.4 Å². The molecule has 1 aliphatic heterocycles. The van der Waals surface area contributed by atoms with Crippen molar-refractivity contribution in [3.8, 4) is 0 Å². The molecule has 0 spiro atoms. The number of hydrogen-bond acceptors (Lipinski definition) is 4. The Kier molecular flexibility index (Phi) is 5.46. The lowest BCUT2D eigenvalue weighted by atomic mass is 10.1. The number of carbonyl (C=O) groups is 1. The number of nitrogens with two attached hydrogens (primary N) is 1. The van der Waals surface area contributed by atoms with E-state index in [1.165, 1.54) is 6.07 Å². The van der Waals surface area contributed by atoms with Crippen molar-refractivity contribution in [1.82, 2.24) is 0 Å². The summed E-state index contributed by atoms with van der Waals surface area (Å²) in [4.78, 5) is 22.6. The van der Waals surface area contributed by atoms with Crippen molar-refractivity contribution >= 4 is 17.3 Å². The van der Waals surface area contributed by atoms with Crippen LogP contribution in [-0.4, -0.2) is 36.6 Å². The van der Waals surface area contributed by atoms with Gasteiger partial charge in [-0.15, -0.1) is 0 Å². The second-order valence-electron chi connectivity index (χ2n) is 5.62. The van der Waals surface area contributed by atoms with E-state index in [2.05, 4.69) is 5.32 Å². The van der Waals surface area contributed by atoms with Crippen LogP contribution in [0.25, 0.3) is 0 Å². The van der Waals surface area contributed by atoms with Crippen molar-refractivity contribution in [1.29, 1.82) is 0 Å². The Morgan fingerprint density at radius 1 is 1.45 bits per heavy atom. The highest BCUT2D eigenvalue weighted by atomic mass is 16.6. The molecule has 2 rings (SSSR count). The van der Waals surface area contributed by atoms with Gasteiger partial charge in [0.2, 0.25) is 0 Å². The standard InChI is InChI=1S/C15H21N3O4/c1-10-6-13(14(18(20)21)7-11(10)2)17-15(19)9-16-8-12-4-3-5-22-12/h6-7,12,16H,3-5,8-9H2,1-2H3,(H,17,19)/p+1/t12-/m0/s1. The van der Waals surface area contributed by atoms with Crippen LogP contribution in [0.3, 0.4) is 0 Å². The van der Waals surface area contributed by atoms with Crippen molar-refractivity contribution < 1.29 is 19.8 Å². The summed E-state index contributed by atoms with van der Waals surface area (Å²) in [5.41, 5.74) is 1.91. The zero-order valence-corrected chi connectivity index (χ0v) is 12.9. The van der Waals surface area contributed by atoms with Crippen LogP contribution in [0.5, 0.6) is 0 Å². The third-order valence-corrected chi connectivity index (χ3v) is 3.87. The summed E-state index contributed by atoms with van der Waals surface area (Å²) in [6.07, 6.45) is 2.31. The van der Waals surface area contributed by atoms with Gasteiger partial charge in [0.1, 0.15) is 18.3 Å². The molecule has 22 heavy (non-hydrogen) atoms. The van der Waals surface area contributed by atoms with Gasteiger partial charge in [-0.1, -0.05) is 0 Å². The Hall–Kier alpha value is -1.99. The zero-order valence-electron chi connectivity index (χ0n) is 12.9. The molecule has 1 heterocycles. The minimum absolute atomic E-state index is 0.0735. The summed E-state index contributed by atoms with van der Waals surface area (Å²) in [6.45, 7) is 5.42. The van der Waals surface area contributed by atoms with Gasteiger partial charge in [0.05, 0.1) is 4.92 Å². The zero-order chi connectivity index (χ0) is 16.1. The van der Waals surface area contributed by atoms with E-state index in [1.54, 1.807) is 6.07 Å². The summed E-state index contributed by atoms with van der Waals surface area (Å²) >= 11 is 0. The number of hydrogen-bond donors (Lipinski definition) is 2. The van der Waals surface area contributed by atoms with E-state index in [9.17, 15) is 14.9 Å². The van der Waals surface area contributed by atoms with Gasteiger partial charge in [0, 0.05) is 12.7 Å². The molecule has 1 fully saturated rings. The molecule has 0 radical (unpaired) electrons. The second kappa shape index (κ2) is 7.33. The van der Waals surface area contributed by atoms with Gasteiger partial charge in [-0.25, -0.2) is 0 Å². The van der Waals surface area contributed by atoms with Gasteiger partial charge >= 0.3 is 0 Å². The maximum atomic E-state index is 12.0. The predicted octanol–water partition coefficient (Wildman–Crippen LogP) is 0.893. The Bertz CT molecular complexity index is 568. The highest BCUT2D eigenvalue weighted by Gasteiger charge is 2.20. The van der Waals surface area contributed by atoms with E-state index in [0.717, 1.165) is 37.1 Å². The lowest BCUT2D eigenvalue weighted by Gasteiger charge is -2.10. The van der Waals surface area contributed by atoms with Gasteiger partial charge in [-0.3, -0.25) is 14.9 Å². The highest BCUT2D eigenvalue weighted by Crippen LogP contribution is 2.27. The molecule has 1 aromatic carbocycles. The number of benzene rings is 1. The molecule has 1 amide bonds. The molecule has 0 saturated carbocycles. The van der Waals surface area contributed by atoms with Crippen molar-refractivity contribution in [2.45, 2.75) is 32.8 Å². The number of quaternary nitrogens is 1. The van der Waals surface area contributed by atoms with Crippen LogP contribution in [0, 0.1) is 24.0 Å². The summed E-state index contributed by atoms with van der Waals surface area (Å²) in [5, 5.41) is 15.6. The van der Waals surface area contributed by atoms with E-state index in [0.29, 0.717) is 0 Å². The number of nitro benzene ring substituents is 1. The van der Waals surface area contributed by atoms with E-state index in [1.807, 2.05) is 19.2 Å². The van der Waals surface area contributed by atoms with Gasteiger partial charge in [0.25, 0.3) is 11.6 Å². The van der Waals surface area contributed by atoms with Gasteiger partial charge in [-0.2, -0.15) is 0 Å². The molecule has 120 valence electrons. The van der Waals surface area contributed by atoms with Gasteiger partial charge in [0.15, 0.2) is 6.54 Å². The average molecular weight is 308 g/mol. The lowest BCUT2D eigenvalue weighted by molar-refractivity contribution is -0.649. The summed E-state index contributed by atoms with van der Waals surface area (Å²) in [7, 11) is 0. The number of nitro groups is 1. The molecule has 0 aromatic heterocycles. The van der Waals surface area contributed by atoms with Crippen molar-refractivity contribution in [3.63, 3.8) is 0 Å². The number of rotatable bonds is 6. The van der Waals surface area contributed by atoms with Crippen LogP contribution in [0.15, 0.2) is 12.1 Å². The summed E-state index contributed by atoms with van der Waals surface area (Å²) in [5.74, 6) is -0.246. The molecular formula is C15H22N3O4+. The molecule has 1 aromatic rings. The minimum Gasteiger partial charge on any atom is -0.372 e. The number of nitrogens with one attached hydrogen (secondary N) is 1. The van der Waals surface area contributed by atoms with Crippen molar-refractivity contribution in [2.24, 2.45) is 0 Å². The van der Waals surface area contributed by atoms with Crippen molar-refractivity contribution in [3.05, 3.63) is 33.4 Å². The minimum atomic E-state index is -0.474. The number of amides is 1. The average Bonchev–Trinajstić information content (AvgIpc) is 2.95. The molecule has 0 bridgehead atoms. The Balaban J connectivity index is 1.92. The number of aryl methyl sites for hydroxylation is 2. The predicted molar refractivity (Wildman–Crippen MR) is 81.8 cm³/mol.